The molecular formula is C16H28N2O2. The molecule has 0 aromatic rings. The van der Waals surface area contributed by atoms with Crippen LogP contribution in [0.4, 0.5) is 0 Å². The zero-order valence-corrected chi connectivity index (χ0v) is 12.6. The number of amides is 1. The summed E-state index contributed by atoms with van der Waals surface area (Å²) >= 11 is 0. The average molecular weight is 280 g/mol. The number of aliphatic hydroxyl groups is 1. The number of likely N-dealkylation sites (tertiary alicyclic amines) is 1. The Kier molecular flexibility index (Phi) is 6.05. The first-order chi connectivity index (χ1) is 9.66. The van der Waals surface area contributed by atoms with Gasteiger partial charge in [0.05, 0.1) is 12.1 Å². The highest BCUT2D eigenvalue weighted by molar-refractivity contribution is 5.81. The van der Waals surface area contributed by atoms with E-state index in [1.54, 1.807) is 0 Å². The van der Waals surface area contributed by atoms with Gasteiger partial charge in [0.25, 0.3) is 0 Å². The fourth-order valence-corrected chi connectivity index (χ4v) is 3.13. The average Bonchev–Trinajstić information content (AvgIpc) is 2.47. The zero-order valence-electron chi connectivity index (χ0n) is 12.6. The number of allylic oxidation sites excluding steroid dienone is 1. The van der Waals surface area contributed by atoms with Crippen LogP contribution in [0.1, 0.15) is 51.9 Å². The minimum absolute atomic E-state index is 0.0931. The van der Waals surface area contributed by atoms with Gasteiger partial charge in [-0.2, -0.15) is 0 Å². The van der Waals surface area contributed by atoms with Gasteiger partial charge in [-0.25, -0.2) is 0 Å². The number of nitrogens with zero attached hydrogens (tertiary/aromatic N) is 1. The SMILES string of the molecule is CC(C(=O)NCCC1=CCCCC1)N1CCCC(O)C1. The molecule has 1 aliphatic heterocycles. The molecule has 1 aliphatic carbocycles. The van der Waals surface area contributed by atoms with Gasteiger partial charge in [0.15, 0.2) is 0 Å². The molecule has 4 nitrogen and oxygen atoms in total. The first-order valence-electron chi connectivity index (χ1n) is 8.04. The lowest BCUT2D eigenvalue weighted by atomic mass is 9.97. The van der Waals surface area contributed by atoms with Crippen LogP contribution in [0.2, 0.25) is 0 Å². The van der Waals surface area contributed by atoms with Crippen molar-refractivity contribution in [2.24, 2.45) is 0 Å². The summed E-state index contributed by atoms with van der Waals surface area (Å²) < 4.78 is 0. The summed E-state index contributed by atoms with van der Waals surface area (Å²) in [5.74, 6) is 0.0931. The van der Waals surface area contributed by atoms with Gasteiger partial charge in [-0.05, 0) is 58.4 Å². The Morgan fingerprint density at radius 3 is 3.05 bits per heavy atom. The molecule has 1 fully saturated rings. The fourth-order valence-electron chi connectivity index (χ4n) is 3.13. The number of aliphatic hydroxyl groups excluding tert-OH is 1. The van der Waals surface area contributed by atoms with E-state index in [0.29, 0.717) is 6.54 Å². The van der Waals surface area contributed by atoms with Crippen LogP contribution < -0.4 is 5.32 Å². The molecule has 1 heterocycles. The number of rotatable bonds is 5. The second-order valence-electron chi connectivity index (χ2n) is 6.12. The molecule has 2 atom stereocenters. The van der Waals surface area contributed by atoms with Crippen molar-refractivity contribution in [3.8, 4) is 0 Å². The summed E-state index contributed by atoms with van der Waals surface area (Å²) in [6.07, 6.45) is 9.89. The zero-order chi connectivity index (χ0) is 14.4. The van der Waals surface area contributed by atoms with Gasteiger partial charge in [-0.15, -0.1) is 0 Å². The normalized spacial score (nSPS) is 25.9. The fraction of sp³-hybridized carbons (Fsp3) is 0.812. The third kappa shape index (κ3) is 4.60. The highest BCUT2D eigenvalue weighted by atomic mass is 16.3. The lowest BCUT2D eigenvalue weighted by Gasteiger charge is -2.34. The lowest BCUT2D eigenvalue weighted by Crippen LogP contribution is -2.50. The van der Waals surface area contributed by atoms with Gasteiger partial charge in [-0.3, -0.25) is 9.69 Å². The van der Waals surface area contributed by atoms with Crippen LogP contribution >= 0.6 is 0 Å². The van der Waals surface area contributed by atoms with Crippen LogP contribution in [0.5, 0.6) is 0 Å². The van der Waals surface area contributed by atoms with Crippen LogP contribution in [-0.2, 0) is 4.79 Å². The molecule has 0 aromatic heterocycles. The van der Waals surface area contributed by atoms with E-state index in [-0.39, 0.29) is 18.1 Å². The van der Waals surface area contributed by atoms with Crippen LogP contribution in [0, 0.1) is 0 Å². The van der Waals surface area contributed by atoms with Crippen molar-refractivity contribution in [2.45, 2.75) is 64.0 Å². The first-order valence-corrected chi connectivity index (χ1v) is 8.04. The van der Waals surface area contributed by atoms with E-state index in [4.69, 9.17) is 0 Å². The van der Waals surface area contributed by atoms with Crippen LogP contribution in [-0.4, -0.2) is 47.7 Å². The maximum Gasteiger partial charge on any atom is 0.237 e. The molecule has 0 aromatic carbocycles. The van der Waals surface area contributed by atoms with Gasteiger partial charge < -0.3 is 10.4 Å². The molecule has 4 heteroatoms. The largest absolute Gasteiger partial charge is 0.392 e. The Hall–Kier alpha value is -0.870. The molecule has 1 saturated heterocycles. The minimum atomic E-state index is -0.272. The standard InChI is InChI=1S/C16H28N2O2/c1-13(18-11-5-8-15(19)12-18)16(20)17-10-9-14-6-3-2-4-7-14/h6,13,15,19H,2-5,7-12H2,1H3,(H,17,20). The highest BCUT2D eigenvalue weighted by Gasteiger charge is 2.26. The van der Waals surface area contributed by atoms with E-state index in [9.17, 15) is 9.90 Å². The lowest BCUT2D eigenvalue weighted by molar-refractivity contribution is -0.126. The molecule has 2 N–H and O–H groups in total. The minimum Gasteiger partial charge on any atom is -0.392 e. The third-order valence-corrected chi connectivity index (χ3v) is 4.49. The summed E-state index contributed by atoms with van der Waals surface area (Å²) in [5.41, 5.74) is 1.50. The Morgan fingerprint density at radius 2 is 2.35 bits per heavy atom. The monoisotopic (exact) mass is 280 g/mol. The molecule has 2 aliphatic rings. The van der Waals surface area contributed by atoms with Crippen molar-refractivity contribution in [1.82, 2.24) is 10.2 Å². The van der Waals surface area contributed by atoms with Crippen molar-refractivity contribution in [3.05, 3.63) is 11.6 Å². The highest BCUT2D eigenvalue weighted by Crippen LogP contribution is 2.19. The number of carbonyl (C=O) groups excluding carboxylic acids is 1. The van der Waals surface area contributed by atoms with Crippen molar-refractivity contribution in [3.63, 3.8) is 0 Å². The van der Waals surface area contributed by atoms with E-state index >= 15 is 0 Å². The molecular weight excluding hydrogens is 252 g/mol. The smallest absolute Gasteiger partial charge is 0.237 e. The summed E-state index contributed by atoms with van der Waals surface area (Å²) in [7, 11) is 0. The first kappa shape index (κ1) is 15.5. The third-order valence-electron chi connectivity index (χ3n) is 4.49. The molecule has 20 heavy (non-hydrogen) atoms. The topological polar surface area (TPSA) is 52.6 Å². The summed E-state index contributed by atoms with van der Waals surface area (Å²) in [5, 5.41) is 12.7. The predicted molar refractivity (Wildman–Crippen MR) is 80.5 cm³/mol. The van der Waals surface area contributed by atoms with Crippen molar-refractivity contribution >= 4 is 5.91 Å². The Balaban J connectivity index is 1.69. The van der Waals surface area contributed by atoms with E-state index in [1.807, 2.05) is 6.92 Å². The second kappa shape index (κ2) is 7.79. The van der Waals surface area contributed by atoms with E-state index < -0.39 is 0 Å². The van der Waals surface area contributed by atoms with Crippen molar-refractivity contribution in [1.29, 1.82) is 0 Å². The molecule has 0 saturated carbocycles. The van der Waals surface area contributed by atoms with E-state index in [1.165, 1.54) is 31.3 Å². The number of hydrogen-bond acceptors (Lipinski definition) is 3. The predicted octanol–water partition coefficient (Wildman–Crippen LogP) is 1.84. The van der Waals surface area contributed by atoms with E-state index in [2.05, 4.69) is 16.3 Å². The summed E-state index contributed by atoms with van der Waals surface area (Å²) in [6.45, 7) is 4.22. The Morgan fingerprint density at radius 1 is 1.50 bits per heavy atom. The maximum absolute atomic E-state index is 12.1. The molecule has 2 unspecified atom stereocenters. The molecule has 114 valence electrons. The van der Waals surface area contributed by atoms with E-state index in [0.717, 1.165) is 32.4 Å². The number of hydrogen-bond donors (Lipinski definition) is 2. The maximum atomic E-state index is 12.1. The Bertz CT molecular complexity index is 354. The number of piperidine rings is 1. The van der Waals surface area contributed by atoms with Crippen LogP contribution in [0.25, 0.3) is 0 Å². The summed E-state index contributed by atoms with van der Waals surface area (Å²) in [4.78, 5) is 14.2. The van der Waals surface area contributed by atoms with Gasteiger partial charge >= 0.3 is 0 Å². The summed E-state index contributed by atoms with van der Waals surface area (Å²) in [6, 6.07) is -0.134. The van der Waals surface area contributed by atoms with Crippen LogP contribution in [0.15, 0.2) is 11.6 Å². The second-order valence-corrected chi connectivity index (χ2v) is 6.12. The van der Waals surface area contributed by atoms with Crippen LogP contribution in [0.3, 0.4) is 0 Å². The molecule has 1 amide bonds. The van der Waals surface area contributed by atoms with Gasteiger partial charge in [-0.1, -0.05) is 11.6 Å². The number of nitrogens with one attached hydrogen (secondary N) is 1. The molecule has 0 radical (unpaired) electrons. The molecule has 2 rings (SSSR count). The number of carbonyl (C=O) groups is 1. The molecule has 0 bridgehead atoms. The van der Waals surface area contributed by atoms with Gasteiger partial charge in [0, 0.05) is 13.1 Å². The molecule has 0 spiro atoms. The van der Waals surface area contributed by atoms with Gasteiger partial charge in [0.1, 0.15) is 0 Å². The van der Waals surface area contributed by atoms with Gasteiger partial charge in [0.2, 0.25) is 5.91 Å². The van der Waals surface area contributed by atoms with Crippen molar-refractivity contribution < 1.29 is 9.90 Å². The number of β-amino-alcohol motifs (C(OH)–C–C–N with tert-alkyl or cyclic N) is 1. The Labute approximate surface area is 122 Å². The van der Waals surface area contributed by atoms with Crippen molar-refractivity contribution in [2.75, 3.05) is 19.6 Å². The quantitative estimate of drug-likeness (QED) is 0.756.